The molecule has 1 rings (SSSR count). The summed E-state index contributed by atoms with van der Waals surface area (Å²) in [7, 11) is -3.01. The summed E-state index contributed by atoms with van der Waals surface area (Å²) in [6.45, 7) is 6.61. The van der Waals surface area contributed by atoms with Crippen molar-refractivity contribution in [3.05, 3.63) is 0 Å². The van der Waals surface area contributed by atoms with Gasteiger partial charge in [0.2, 0.25) is 10.0 Å². The number of nitrogens with zero attached hydrogens (tertiary/aromatic N) is 2. The van der Waals surface area contributed by atoms with Crippen molar-refractivity contribution in [1.82, 2.24) is 9.21 Å². The lowest BCUT2D eigenvalue weighted by molar-refractivity contribution is 0.190. The van der Waals surface area contributed by atoms with Crippen LogP contribution in [0.3, 0.4) is 0 Å². The van der Waals surface area contributed by atoms with Gasteiger partial charge in [-0.25, -0.2) is 12.7 Å². The number of sulfonamides is 1. The lowest BCUT2D eigenvalue weighted by Gasteiger charge is -2.34. The van der Waals surface area contributed by atoms with Gasteiger partial charge >= 0.3 is 0 Å². The van der Waals surface area contributed by atoms with Gasteiger partial charge in [-0.15, -0.1) is 0 Å². The van der Waals surface area contributed by atoms with Gasteiger partial charge in [-0.1, -0.05) is 22.9 Å². The number of alkyl halides is 1. The summed E-state index contributed by atoms with van der Waals surface area (Å²) in [4.78, 5) is 2.38. The van der Waals surface area contributed by atoms with Crippen molar-refractivity contribution in [2.75, 3.05) is 44.3 Å². The Morgan fingerprint density at radius 1 is 1.47 bits per heavy atom. The third-order valence-corrected chi connectivity index (χ3v) is 4.94. The molecule has 1 aliphatic rings. The maximum absolute atomic E-state index is 11.5. The van der Waals surface area contributed by atoms with Crippen molar-refractivity contribution in [3.8, 4) is 0 Å². The van der Waals surface area contributed by atoms with Crippen molar-refractivity contribution in [2.45, 2.75) is 19.8 Å². The fraction of sp³-hybridized carbons (Fsp3) is 1.00. The van der Waals surface area contributed by atoms with Crippen LogP contribution in [0.15, 0.2) is 0 Å². The van der Waals surface area contributed by atoms with Gasteiger partial charge in [-0.3, -0.25) is 0 Å². The van der Waals surface area contributed by atoms with Crippen LogP contribution in [0, 0.1) is 5.92 Å². The quantitative estimate of drug-likeness (QED) is 0.692. The van der Waals surface area contributed by atoms with Crippen LogP contribution in [-0.4, -0.2) is 61.9 Å². The van der Waals surface area contributed by atoms with E-state index in [1.165, 1.54) is 6.26 Å². The summed E-state index contributed by atoms with van der Waals surface area (Å²) in [5, 5.41) is 0.976. The highest BCUT2D eigenvalue weighted by Crippen LogP contribution is 2.19. The van der Waals surface area contributed by atoms with Crippen molar-refractivity contribution in [3.63, 3.8) is 0 Å². The summed E-state index contributed by atoms with van der Waals surface area (Å²) in [5.41, 5.74) is 0. The molecule has 4 nitrogen and oxygen atoms in total. The predicted molar refractivity (Wildman–Crippen MR) is 75.0 cm³/mol. The lowest BCUT2D eigenvalue weighted by atomic mass is 9.99. The highest BCUT2D eigenvalue weighted by molar-refractivity contribution is 9.09. The van der Waals surface area contributed by atoms with Gasteiger partial charge in [0.1, 0.15) is 0 Å². The molecule has 0 saturated carbocycles. The summed E-state index contributed by atoms with van der Waals surface area (Å²) in [6, 6.07) is 0. The van der Waals surface area contributed by atoms with E-state index in [1.807, 2.05) is 0 Å². The Labute approximate surface area is 114 Å². The molecule has 0 N–H and O–H groups in total. The van der Waals surface area contributed by atoms with Gasteiger partial charge in [0.25, 0.3) is 0 Å². The Morgan fingerprint density at radius 2 is 2.18 bits per heavy atom. The maximum atomic E-state index is 11.5. The molecule has 0 aromatic carbocycles. The molecule has 102 valence electrons. The molecule has 1 heterocycles. The molecule has 6 heteroatoms. The first-order valence-corrected chi connectivity index (χ1v) is 9.17. The Morgan fingerprint density at radius 3 is 2.71 bits per heavy atom. The molecule has 0 spiro atoms. The van der Waals surface area contributed by atoms with E-state index in [2.05, 4.69) is 27.8 Å². The van der Waals surface area contributed by atoms with Crippen molar-refractivity contribution < 1.29 is 8.42 Å². The zero-order valence-corrected chi connectivity index (χ0v) is 13.1. The van der Waals surface area contributed by atoms with E-state index in [-0.39, 0.29) is 0 Å². The zero-order chi connectivity index (χ0) is 12.9. The Bertz CT molecular complexity index is 321. The number of halogens is 1. The number of hydrogen-bond donors (Lipinski definition) is 0. The topological polar surface area (TPSA) is 40.6 Å². The summed E-state index contributed by atoms with van der Waals surface area (Å²) in [6.07, 6.45) is 3.44. The second-order valence-electron chi connectivity index (χ2n) is 4.71. The Hall–Kier alpha value is 0.350. The lowest BCUT2D eigenvalue weighted by Crippen LogP contribution is -2.43. The zero-order valence-electron chi connectivity index (χ0n) is 10.7. The minimum Gasteiger partial charge on any atom is -0.302 e. The average Bonchev–Trinajstić information content (AvgIpc) is 2.28. The molecule has 1 atom stereocenters. The fourth-order valence-corrected chi connectivity index (χ4v) is 3.78. The highest BCUT2D eigenvalue weighted by atomic mass is 79.9. The van der Waals surface area contributed by atoms with Gasteiger partial charge < -0.3 is 4.90 Å². The second kappa shape index (κ2) is 7.07. The molecule has 1 saturated heterocycles. The van der Waals surface area contributed by atoms with Gasteiger partial charge in [-0.05, 0) is 25.3 Å². The summed E-state index contributed by atoms with van der Waals surface area (Å²) < 4.78 is 24.7. The minimum absolute atomic E-state index is 0.484. The van der Waals surface area contributed by atoms with Gasteiger partial charge in [0, 0.05) is 31.5 Å². The minimum atomic E-state index is -3.01. The van der Waals surface area contributed by atoms with Crippen LogP contribution < -0.4 is 0 Å². The first-order chi connectivity index (χ1) is 7.97. The molecule has 0 radical (unpaired) electrons. The largest absolute Gasteiger partial charge is 0.302 e. The normalized spacial score (nSPS) is 23.2. The molecule has 0 aliphatic carbocycles. The van der Waals surface area contributed by atoms with Crippen molar-refractivity contribution in [2.24, 2.45) is 5.92 Å². The molecule has 17 heavy (non-hydrogen) atoms. The number of piperidine rings is 1. The van der Waals surface area contributed by atoms with Crippen LogP contribution in [0.25, 0.3) is 0 Å². The molecule has 1 fully saturated rings. The summed E-state index contributed by atoms with van der Waals surface area (Å²) in [5.74, 6) is 0.484. The van der Waals surface area contributed by atoms with Gasteiger partial charge in [0.05, 0.1) is 6.26 Å². The highest BCUT2D eigenvalue weighted by Gasteiger charge is 2.26. The van der Waals surface area contributed by atoms with Crippen LogP contribution in [-0.2, 0) is 10.0 Å². The maximum Gasteiger partial charge on any atom is 0.211 e. The van der Waals surface area contributed by atoms with E-state index in [4.69, 9.17) is 0 Å². The van der Waals surface area contributed by atoms with Crippen molar-refractivity contribution >= 4 is 26.0 Å². The predicted octanol–water partition coefficient (Wildman–Crippen LogP) is 1.37. The molecular formula is C11H23BrN2O2S. The standard InChI is InChI=1S/C11H23BrN2O2S/c1-3-13(8-6-12)9-11-5-4-7-14(10-11)17(2,15)16/h11H,3-10H2,1-2H3. The Balaban J connectivity index is 2.49. The van der Waals surface area contributed by atoms with Crippen LogP contribution in [0.5, 0.6) is 0 Å². The van der Waals surface area contributed by atoms with E-state index in [9.17, 15) is 8.42 Å². The van der Waals surface area contributed by atoms with Crippen LogP contribution in [0.4, 0.5) is 0 Å². The number of hydrogen-bond acceptors (Lipinski definition) is 3. The van der Waals surface area contributed by atoms with E-state index in [0.717, 1.165) is 37.8 Å². The van der Waals surface area contributed by atoms with Crippen LogP contribution in [0.2, 0.25) is 0 Å². The molecule has 0 aromatic rings. The first-order valence-electron chi connectivity index (χ1n) is 6.20. The summed E-state index contributed by atoms with van der Waals surface area (Å²) >= 11 is 3.45. The third-order valence-electron chi connectivity index (χ3n) is 3.32. The van der Waals surface area contributed by atoms with E-state index < -0.39 is 10.0 Å². The molecule has 0 amide bonds. The molecule has 0 aromatic heterocycles. The fourth-order valence-electron chi connectivity index (χ4n) is 2.34. The Kier molecular flexibility index (Phi) is 6.40. The average molecular weight is 327 g/mol. The molecule has 1 aliphatic heterocycles. The van der Waals surface area contributed by atoms with Crippen LogP contribution in [0.1, 0.15) is 19.8 Å². The van der Waals surface area contributed by atoms with E-state index >= 15 is 0 Å². The molecule has 0 bridgehead atoms. The monoisotopic (exact) mass is 326 g/mol. The first kappa shape index (κ1) is 15.4. The SMILES string of the molecule is CCN(CCBr)CC1CCCN(S(C)(=O)=O)C1. The van der Waals surface area contributed by atoms with E-state index in [0.29, 0.717) is 19.0 Å². The number of rotatable bonds is 6. The smallest absolute Gasteiger partial charge is 0.211 e. The van der Waals surface area contributed by atoms with Gasteiger partial charge in [-0.2, -0.15) is 0 Å². The molecule has 1 unspecified atom stereocenters. The second-order valence-corrected chi connectivity index (χ2v) is 7.49. The van der Waals surface area contributed by atoms with Crippen molar-refractivity contribution in [1.29, 1.82) is 0 Å². The van der Waals surface area contributed by atoms with Gasteiger partial charge in [0.15, 0.2) is 0 Å². The van der Waals surface area contributed by atoms with E-state index in [1.54, 1.807) is 4.31 Å². The van der Waals surface area contributed by atoms with Crippen LogP contribution >= 0.6 is 15.9 Å². The third kappa shape index (κ3) is 5.24. The molecular weight excluding hydrogens is 304 g/mol.